The van der Waals surface area contributed by atoms with Crippen molar-refractivity contribution in [1.29, 1.82) is 0 Å². The largest absolute Gasteiger partial charge is 0.495 e. The highest BCUT2D eigenvalue weighted by Crippen LogP contribution is 2.29. The Bertz CT molecular complexity index is 941. The van der Waals surface area contributed by atoms with Gasteiger partial charge in [-0.2, -0.15) is 4.31 Å². The van der Waals surface area contributed by atoms with E-state index in [1.54, 1.807) is 0 Å². The van der Waals surface area contributed by atoms with Crippen molar-refractivity contribution >= 4 is 16.0 Å². The Morgan fingerprint density at radius 1 is 1.11 bits per heavy atom. The van der Waals surface area contributed by atoms with Crippen molar-refractivity contribution in [3.8, 4) is 11.5 Å². The van der Waals surface area contributed by atoms with Crippen molar-refractivity contribution in [2.45, 2.75) is 4.90 Å². The van der Waals surface area contributed by atoms with E-state index in [1.165, 1.54) is 47.8 Å². The van der Waals surface area contributed by atoms with Gasteiger partial charge in [-0.3, -0.25) is 0 Å². The molecule has 1 fully saturated rings. The average molecular weight is 395 g/mol. The summed E-state index contributed by atoms with van der Waals surface area (Å²) >= 11 is 0. The fourth-order valence-corrected chi connectivity index (χ4v) is 4.21. The summed E-state index contributed by atoms with van der Waals surface area (Å²) in [4.78, 5) is 12.2. The summed E-state index contributed by atoms with van der Waals surface area (Å²) in [6.07, 6.45) is 0. The maximum absolute atomic E-state index is 13.7. The summed E-state index contributed by atoms with van der Waals surface area (Å²) in [5, 5.41) is 0. The van der Waals surface area contributed by atoms with Gasteiger partial charge in [-0.1, -0.05) is 12.1 Å². The Morgan fingerprint density at radius 2 is 1.81 bits per heavy atom. The minimum absolute atomic E-state index is 0.0362. The smallest absolute Gasteiger partial charge is 0.343 e. The number of halogens is 1. The Balaban J connectivity index is 1.93. The van der Waals surface area contributed by atoms with E-state index >= 15 is 0 Å². The second-order valence-electron chi connectivity index (χ2n) is 5.70. The molecule has 0 saturated carbocycles. The van der Waals surface area contributed by atoms with Crippen LogP contribution in [0.5, 0.6) is 11.5 Å². The molecule has 0 amide bonds. The lowest BCUT2D eigenvalue weighted by Gasteiger charge is -2.26. The Hall–Kier alpha value is -2.49. The van der Waals surface area contributed by atoms with E-state index < -0.39 is 21.8 Å². The van der Waals surface area contributed by atoms with Crippen molar-refractivity contribution in [2.24, 2.45) is 0 Å². The molecule has 1 aliphatic rings. The highest BCUT2D eigenvalue weighted by molar-refractivity contribution is 7.89. The number of rotatable bonds is 5. The Morgan fingerprint density at radius 3 is 2.48 bits per heavy atom. The van der Waals surface area contributed by atoms with E-state index in [9.17, 15) is 17.6 Å². The number of esters is 1. The first kappa shape index (κ1) is 19.3. The van der Waals surface area contributed by atoms with Crippen LogP contribution in [0.15, 0.2) is 47.4 Å². The van der Waals surface area contributed by atoms with Gasteiger partial charge in [0.2, 0.25) is 10.0 Å². The zero-order valence-electron chi connectivity index (χ0n) is 14.6. The van der Waals surface area contributed by atoms with Crippen LogP contribution in [0.3, 0.4) is 0 Å². The number of hydrogen-bond donors (Lipinski definition) is 0. The third-order valence-corrected chi connectivity index (χ3v) is 5.95. The van der Waals surface area contributed by atoms with Crippen LogP contribution in [0.4, 0.5) is 4.39 Å². The van der Waals surface area contributed by atoms with Crippen LogP contribution in [-0.2, 0) is 14.8 Å². The van der Waals surface area contributed by atoms with E-state index in [1.807, 2.05) is 0 Å². The number of benzene rings is 2. The maximum Gasteiger partial charge on any atom is 0.343 e. The first-order valence-electron chi connectivity index (χ1n) is 8.16. The summed E-state index contributed by atoms with van der Waals surface area (Å²) in [7, 11) is -2.56. The molecule has 0 spiro atoms. The number of morpholine rings is 1. The summed E-state index contributed by atoms with van der Waals surface area (Å²) in [6.45, 7) is 0.984. The molecule has 2 aromatic rings. The van der Waals surface area contributed by atoms with Crippen LogP contribution in [0.1, 0.15) is 10.4 Å². The quantitative estimate of drug-likeness (QED) is 0.570. The normalized spacial score (nSPS) is 15.3. The molecule has 3 rings (SSSR count). The molecule has 1 aliphatic heterocycles. The SMILES string of the molecule is COc1ccc(C(=O)Oc2ccccc2F)cc1S(=O)(=O)N1CCOCC1. The molecule has 0 aliphatic carbocycles. The number of carbonyl (C=O) groups is 1. The van der Waals surface area contributed by atoms with Crippen molar-refractivity contribution < 1.29 is 31.8 Å². The zero-order valence-corrected chi connectivity index (χ0v) is 15.4. The van der Waals surface area contributed by atoms with Gasteiger partial charge in [0, 0.05) is 13.1 Å². The molecule has 0 unspecified atom stereocenters. The standard InChI is InChI=1S/C18H18FNO6S/c1-24-16-7-6-13(18(21)26-15-5-3-2-4-14(15)19)12-17(16)27(22,23)20-8-10-25-11-9-20/h2-7,12H,8-11H2,1H3. The monoisotopic (exact) mass is 395 g/mol. The average Bonchev–Trinajstić information content (AvgIpc) is 2.69. The molecule has 27 heavy (non-hydrogen) atoms. The lowest BCUT2D eigenvalue weighted by molar-refractivity contribution is 0.0723. The number of para-hydroxylation sites is 1. The Labute approximate surface area is 156 Å². The first-order valence-corrected chi connectivity index (χ1v) is 9.60. The molecule has 0 N–H and O–H groups in total. The molecular formula is C18H18FNO6S. The predicted molar refractivity (Wildman–Crippen MR) is 93.9 cm³/mol. The summed E-state index contributed by atoms with van der Waals surface area (Å²) in [5.41, 5.74) is -0.0362. The van der Waals surface area contributed by atoms with Crippen molar-refractivity contribution in [1.82, 2.24) is 4.31 Å². The fourth-order valence-electron chi connectivity index (χ4n) is 2.62. The van der Waals surface area contributed by atoms with Gasteiger partial charge in [0.05, 0.1) is 25.9 Å². The van der Waals surface area contributed by atoms with Gasteiger partial charge in [0.15, 0.2) is 11.6 Å². The second kappa shape index (κ2) is 8.03. The zero-order chi connectivity index (χ0) is 19.4. The van der Waals surface area contributed by atoms with E-state index in [0.717, 1.165) is 6.07 Å². The molecule has 9 heteroatoms. The van der Waals surface area contributed by atoms with E-state index in [0.29, 0.717) is 0 Å². The summed E-state index contributed by atoms with van der Waals surface area (Å²) in [6, 6.07) is 9.35. The van der Waals surface area contributed by atoms with Crippen LogP contribution in [0, 0.1) is 5.82 Å². The second-order valence-corrected chi connectivity index (χ2v) is 7.61. The van der Waals surface area contributed by atoms with Crippen LogP contribution in [0.2, 0.25) is 0 Å². The topological polar surface area (TPSA) is 82.1 Å². The van der Waals surface area contributed by atoms with Crippen LogP contribution in [-0.4, -0.2) is 52.1 Å². The number of methoxy groups -OCH3 is 1. The molecule has 144 valence electrons. The molecule has 1 heterocycles. The fraction of sp³-hybridized carbons (Fsp3) is 0.278. The lowest BCUT2D eigenvalue weighted by atomic mass is 10.2. The van der Waals surface area contributed by atoms with Gasteiger partial charge in [-0.15, -0.1) is 0 Å². The molecule has 0 bridgehead atoms. The predicted octanol–water partition coefficient (Wildman–Crippen LogP) is 2.07. The van der Waals surface area contributed by atoms with Gasteiger partial charge in [-0.25, -0.2) is 17.6 Å². The maximum atomic E-state index is 13.7. The van der Waals surface area contributed by atoms with Gasteiger partial charge in [0.25, 0.3) is 0 Å². The molecule has 1 saturated heterocycles. The number of ether oxygens (including phenoxy) is 3. The third-order valence-electron chi connectivity index (χ3n) is 4.03. The Kier molecular flexibility index (Phi) is 5.73. The number of sulfonamides is 1. The van der Waals surface area contributed by atoms with Gasteiger partial charge < -0.3 is 14.2 Å². The molecule has 0 atom stereocenters. The molecule has 0 radical (unpaired) electrons. The molecule has 7 nitrogen and oxygen atoms in total. The minimum atomic E-state index is -3.90. The van der Waals surface area contributed by atoms with Crippen LogP contribution >= 0.6 is 0 Å². The summed E-state index contributed by atoms with van der Waals surface area (Å²) in [5.74, 6) is -1.71. The van der Waals surface area contributed by atoms with Crippen LogP contribution < -0.4 is 9.47 Å². The van der Waals surface area contributed by atoms with E-state index in [4.69, 9.17) is 14.2 Å². The van der Waals surface area contributed by atoms with Gasteiger partial charge in [-0.05, 0) is 30.3 Å². The van der Waals surface area contributed by atoms with Crippen molar-refractivity contribution in [3.05, 3.63) is 53.8 Å². The van der Waals surface area contributed by atoms with E-state index in [2.05, 4.69) is 0 Å². The number of hydrogen-bond acceptors (Lipinski definition) is 6. The summed E-state index contributed by atoms with van der Waals surface area (Å²) < 4.78 is 56.2. The number of nitrogens with zero attached hydrogens (tertiary/aromatic N) is 1. The van der Waals surface area contributed by atoms with Crippen LogP contribution in [0.25, 0.3) is 0 Å². The minimum Gasteiger partial charge on any atom is -0.495 e. The van der Waals surface area contributed by atoms with Crippen molar-refractivity contribution in [2.75, 3.05) is 33.4 Å². The molecule has 0 aromatic heterocycles. The first-order chi connectivity index (χ1) is 12.9. The highest BCUT2D eigenvalue weighted by atomic mass is 32.2. The number of carbonyl (C=O) groups excluding carboxylic acids is 1. The highest BCUT2D eigenvalue weighted by Gasteiger charge is 2.30. The lowest BCUT2D eigenvalue weighted by Crippen LogP contribution is -2.40. The van der Waals surface area contributed by atoms with Gasteiger partial charge in [0.1, 0.15) is 10.6 Å². The van der Waals surface area contributed by atoms with Gasteiger partial charge >= 0.3 is 5.97 Å². The van der Waals surface area contributed by atoms with Crippen molar-refractivity contribution in [3.63, 3.8) is 0 Å². The third kappa shape index (κ3) is 4.10. The van der Waals surface area contributed by atoms with E-state index in [-0.39, 0.29) is 48.3 Å². The molecular weight excluding hydrogens is 377 g/mol. The molecule has 2 aromatic carbocycles.